The topological polar surface area (TPSA) is 102 Å². The first-order valence-electron chi connectivity index (χ1n) is 16.8. The highest BCUT2D eigenvalue weighted by Gasteiger charge is 2.32. The summed E-state index contributed by atoms with van der Waals surface area (Å²) in [4.78, 5) is 18.1. The fraction of sp³-hybridized carbons (Fsp3) is 0.444. The Hall–Kier alpha value is -4.49. The predicted molar refractivity (Wildman–Crippen MR) is 183 cm³/mol. The van der Waals surface area contributed by atoms with E-state index in [4.69, 9.17) is 19.2 Å². The van der Waals surface area contributed by atoms with Crippen LogP contribution in [-0.2, 0) is 11.2 Å². The van der Waals surface area contributed by atoms with Crippen LogP contribution in [0, 0.1) is 18.6 Å². The number of rotatable bonds is 5. The first kappa shape index (κ1) is 33.0. The van der Waals surface area contributed by atoms with Crippen molar-refractivity contribution >= 4 is 38.4 Å². The highest BCUT2D eigenvalue weighted by molar-refractivity contribution is 6.14. The van der Waals surface area contributed by atoms with Gasteiger partial charge in [-0.15, -0.1) is 0 Å². The van der Waals surface area contributed by atoms with E-state index in [-0.39, 0.29) is 28.9 Å². The van der Waals surface area contributed by atoms with E-state index < -0.39 is 5.82 Å². The fourth-order valence-corrected chi connectivity index (χ4v) is 7.52. The molecule has 0 saturated carbocycles. The number of hydrogen-bond donors (Lipinski definition) is 1. The summed E-state index contributed by atoms with van der Waals surface area (Å²) in [6.45, 7) is 8.12. The maximum atomic E-state index is 16.8. The van der Waals surface area contributed by atoms with Crippen molar-refractivity contribution in [1.29, 1.82) is 0 Å². The summed E-state index contributed by atoms with van der Waals surface area (Å²) in [5.74, 6) is -0.431. The molecule has 3 aromatic heterocycles. The zero-order valence-electron chi connectivity index (χ0n) is 28.2. The highest BCUT2D eigenvalue weighted by Crippen LogP contribution is 2.44. The average Bonchev–Trinajstić information content (AvgIpc) is 3.76. The van der Waals surface area contributed by atoms with Crippen LogP contribution in [0.25, 0.3) is 43.8 Å². The smallest absolute Gasteiger partial charge is 0.318 e. The second kappa shape index (κ2) is 13.8. The van der Waals surface area contributed by atoms with Crippen LogP contribution in [0.5, 0.6) is 11.9 Å². The summed E-state index contributed by atoms with van der Waals surface area (Å²) in [5, 5.41) is 9.70. The monoisotopic (exact) mass is 675 g/mol. The normalized spacial score (nSPS) is 19.0. The van der Waals surface area contributed by atoms with Gasteiger partial charge in [0.15, 0.2) is 5.82 Å². The van der Waals surface area contributed by atoms with E-state index in [0.717, 1.165) is 36.7 Å². The van der Waals surface area contributed by atoms with Gasteiger partial charge in [0.2, 0.25) is 5.88 Å². The lowest BCUT2D eigenvalue weighted by molar-refractivity contribution is 0.152. The van der Waals surface area contributed by atoms with Gasteiger partial charge in [-0.2, -0.15) is 15.1 Å². The minimum atomic E-state index is -0.681. The van der Waals surface area contributed by atoms with Gasteiger partial charge in [0, 0.05) is 48.9 Å². The number of anilines is 1. The Balaban J connectivity index is 0.000000322. The Labute approximate surface area is 282 Å². The number of nitrogens with zero attached hydrogens (tertiary/aromatic N) is 6. The van der Waals surface area contributed by atoms with Gasteiger partial charge < -0.3 is 19.1 Å². The van der Waals surface area contributed by atoms with Crippen LogP contribution in [-0.4, -0.2) is 89.7 Å². The van der Waals surface area contributed by atoms with Gasteiger partial charge in [0.05, 0.1) is 32.7 Å². The number of H-pyrrole nitrogens is 1. The average molecular weight is 676 g/mol. The standard InChI is InChI=1S/C28H28F2N6O3.C8H12FN/c1-5-16-17(29)8-7-15-13-18-19(14(2)34-35-18)21(20(15)16)24-23(30)25-22(27(31-24)37-3)26(33-28(32-25)38-4)36-9-6-11-39-12-10-36;9-5-7-4-8-2-1-3-10(8)6-7/h7-8,13H,5-6,9-12H2,1-4H3,(H,34,35);5,8H,1-4,6H2/b;7-5-. The van der Waals surface area contributed by atoms with Crippen LogP contribution in [0.1, 0.15) is 43.9 Å². The molecule has 3 aliphatic heterocycles. The van der Waals surface area contributed by atoms with E-state index in [1.54, 1.807) is 6.07 Å². The number of nitrogens with one attached hydrogen (secondary N) is 1. The molecule has 8 rings (SSSR count). The molecule has 2 aromatic carbocycles. The van der Waals surface area contributed by atoms with E-state index in [9.17, 15) is 4.39 Å². The van der Waals surface area contributed by atoms with Gasteiger partial charge >= 0.3 is 6.01 Å². The summed E-state index contributed by atoms with van der Waals surface area (Å²) >= 11 is 0. The summed E-state index contributed by atoms with van der Waals surface area (Å²) in [7, 11) is 2.91. The zero-order chi connectivity index (χ0) is 34.2. The molecule has 1 unspecified atom stereocenters. The molecule has 0 bridgehead atoms. The van der Waals surface area contributed by atoms with Gasteiger partial charge in [-0.05, 0) is 79.6 Å². The molecule has 1 N–H and O–H groups in total. The summed E-state index contributed by atoms with van der Waals surface area (Å²) < 4.78 is 60.7. The summed E-state index contributed by atoms with van der Waals surface area (Å²) in [5.41, 5.74) is 3.22. The molecule has 0 aliphatic carbocycles. The summed E-state index contributed by atoms with van der Waals surface area (Å²) in [6, 6.07) is 5.68. The Bertz CT molecular complexity index is 2050. The maximum absolute atomic E-state index is 16.8. The molecule has 10 nitrogen and oxygen atoms in total. The minimum absolute atomic E-state index is 0.00428. The number of fused-ring (bicyclic) bond motifs is 4. The molecule has 13 heteroatoms. The molecule has 49 heavy (non-hydrogen) atoms. The quantitative estimate of drug-likeness (QED) is 0.215. The molecular formula is C36H40F3N7O3. The van der Waals surface area contributed by atoms with Crippen molar-refractivity contribution in [2.75, 3.05) is 58.5 Å². The van der Waals surface area contributed by atoms with Crippen molar-refractivity contribution in [2.45, 2.75) is 52.0 Å². The Morgan fingerprint density at radius 2 is 1.88 bits per heavy atom. The van der Waals surface area contributed by atoms with Gasteiger partial charge in [0.1, 0.15) is 28.2 Å². The first-order chi connectivity index (χ1) is 23.9. The largest absolute Gasteiger partial charge is 0.480 e. The molecule has 3 fully saturated rings. The maximum Gasteiger partial charge on any atom is 0.318 e. The van der Waals surface area contributed by atoms with Crippen LogP contribution < -0.4 is 14.4 Å². The van der Waals surface area contributed by atoms with Crippen LogP contribution in [0.15, 0.2) is 30.1 Å². The van der Waals surface area contributed by atoms with Crippen molar-refractivity contribution in [3.05, 3.63) is 53.0 Å². The third kappa shape index (κ3) is 5.92. The van der Waals surface area contributed by atoms with E-state index in [1.165, 1.54) is 39.7 Å². The number of ether oxygens (including phenoxy) is 3. The molecule has 0 spiro atoms. The first-order valence-corrected chi connectivity index (χ1v) is 16.8. The van der Waals surface area contributed by atoms with Crippen molar-refractivity contribution < 1.29 is 27.4 Å². The number of methoxy groups -OCH3 is 2. The molecular weight excluding hydrogens is 635 g/mol. The van der Waals surface area contributed by atoms with Gasteiger partial charge in [-0.1, -0.05) is 13.0 Å². The van der Waals surface area contributed by atoms with E-state index in [1.807, 2.05) is 24.8 Å². The van der Waals surface area contributed by atoms with Crippen LogP contribution in [0.2, 0.25) is 0 Å². The molecule has 0 radical (unpaired) electrons. The number of aryl methyl sites for hydroxylation is 2. The molecule has 6 heterocycles. The van der Waals surface area contributed by atoms with Crippen LogP contribution >= 0.6 is 0 Å². The van der Waals surface area contributed by atoms with Crippen molar-refractivity contribution in [3.63, 3.8) is 0 Å². The SMILES string of the molecule is CCc1c(F)ccc2cc3n[nH]c(C)c3c(-c3nc(OC)c4c(N5CCCOCC5)nc(OC)nc4c3F)c12.F/C=C1/CC2CCCN2C1. The lowest BCUT2D eigenvalue weighted by Gasteiger charge is -2.24. The Kier molecular flexibility index (Phi) is 9.29. The van der Waals surface area contributed by atoms with Crippen molar-refractivity contribution in [3.8, 4) is 23.1 Å². The van der Waals surface area contributed by atoms with Gasteiger partial charge in [-0.25, -0.2) is 18.2 Å². The molecule has 258 valence electrons. The van der Waals surface area contributed by atoms with Crippen molar-refractivity contribution in [1.82, 2.24) is 30.0 Å². The molecule has 3 saturated heterocycles. The Morgan fingerprint density at radius 1 is 1.02 bits per heavy atom. The van der Waals surface area contributed by atoms with Crippen molar-refractivity contribution in [2.24, 2.45) is 0 Å². The predicted octanol–water partition coefficient (Wildman–Crippen LogP) is 6.82. The molecule has 3 aliphatic rings. The molecule has 0 amide bonds. The number of aromatic amines is 1. The number of benzene rings is 2. The van der Waals surface area contributed by atoms with E-state index in [2.05, 4.69) is 25.1 Å². The lowest BCUT2D eigenvalue weighted by atomic mass is 9.91. The van der Waals surface area contributed by atoms with Gasteiger partial charge in [0.25, 0.3) is 0 Å². The minimum Gasteiger partial charge on any atom is -0.480 e. The van der Waals surface area contributed by atoms with E-state index in [0.29, 0.717) is 83.1 Å². The third-order valence-electron chi connectivity index (χ3n) is 9.81. The number of halogens is 3. The van der Waals surface area contributed by atoms with Crippen LogP contribution in [0.4, 0.5) is 19.0 Å². The number of hydrogen-bond acceptors (Lipinski definition) is 9. The highest BCUT2D eigenvalue weighted by atomic mass is 19.1. The summed E-state index contributed by atoms with van der Waals surface area (Å²) in [6.07, 6.45) is 5.54. The lowest BCUT2D eigenvalue weighted by Crippen LogP contribution is -2.27. The van der Waals surface area contributed by atoms with E-state index >= 15 is 8.78 Å². The second-order valence-electron chi connectivity index (χ2n) is 12.7. The zero-order valence-corrected chi connectivity index (χ0v) is 28.2. The van der Waals surface area contributed by atoms with Gasteiger partial charge in [-0.3, -0.25) is 10.00 Å². The van der Waals surface area contributed by atoms with Crippen LogP contribution in [0.3, 0.4) is 0 Å². The Morgan fingerprint density at radius 3 is 2.63 bits per heavy atom. The second-order valence-corrected chi connectivity index (χ2v) is 12.7. The fourth-order valence-electron chi connectivity index (χ4n) is 7.52. The molecule has 1 atom stereocenters. The number of pyridine rings is 1. The molecule has 5 aromatic rings. The number of aromatic nitrogens is 5. The third-order valence-corrected chi connectivity index (χ3v) is 9.81.